The lowest BCUT2D eigenvalue weighted by Gasteiger charge is -2.21. The number of benzene rings is 5. The molecule has 1 aliphatic rings. The molecule has 5 aromatic carbocycles. The van der Waals surface area contributed by atoms with E-state index in [2.05, 4.69) is 102 Å². The molecule has 0 bridgehead atoms. The molecule has 2 heterocycles. The summed E-state index contributed by atoms with van der Waals surface area (Å²) in [5.41, 5.74) is 10.6. The summed E-state index contributed by atoms with van der Waals surface area (Å²) in [6, 6.07) is 33.0. The Kier molecular flexibility index (Phi) is 3.47. The van der Waals surface area contributed by atoms with Gasteiger partial charge in [-0.2, -0.15) is 0 Å². The van der Waals surface area contributed by atoms with E-state index in [1.54, 1.807) is 0 Å². The zero-order valence-electron chi connectivity index (χ0n) is 19.5. The summed E-state index contributed by atoms with van der Waals surface area (Å²) >= 11 is 0. The first-order chi connectivity index (χ1) is 17.1. The van der Waals surface area contributed by atoms with Crippen LogP contribution in [0.1, 0.15) is 25.0 Å². The van der Waals surface area contributed by atoms with Gasteiger partial charge in [-0.25, -0.2) is 4.98 Å². The first-order valence-electron chi connectivity index (χ1n) is 12.1. The van der Waals surface area contributed by atoms with Crippen molar-refractivity contribution in [3.63, 3.8) is 0 Å². The molecule has 0 fully saturated rings. The van der Waals surface area contributed by atoms with Gasteiger partial charge in [-0.15, -0.1) is 0 Å². The standard InChI is InChI=1S/C32H22N2O/c1-32(2)24-10-5-3-9-21(24)30-22-17-23-20-8-4-6-12-27(20)34(29(23)16-19(22)14-15-25(30)32)28-13-7-11-26-31(28)35-18-33-26/h3-18H,1-2H3. The summed E-state index contributed by atoms with van der Waals surface area (Å²) in [6.07, 6.45) is 1.53. The number of rotatable bonds is 1. The summed E-state index contributed by atoms with van der Waals surface area (Å²) < 4.78 is 8.17. The second-order valence-corrected chi connectivity index (χ2v) is 10.1. The molecule has 35 heavy (non-hydrogen) atoms. The van der Waals surface area contributed by atoms with Crippen molar-refractivity contribution < 1.29 is 4.42 Å². The summed E-state index contributed by atoms with van der Waals surface area (Å²) in [5, 5.41) is 5.05. The van der Waals surface area contributed by atoms with Crippen molar-refractivity contribution in [1.82, 2.24) is 9.55 Å². The van der Waals surface area contributed by atoms with Crippen LogP contribution in [0, 0.1) is 0 Å². The van der Waals surface area contributed by atoms with E-state index in [-0.39, 0.29) is 5.41 Å². The van der Waals surface area contributed by atoms with Crippen molar-refractivity contribution in [2.24, 2.45) is 0 Å². The van der Waals surface area contributed by atoms with Crippen LogP contribution >= 0.6 is 0 Å². The van der Waals surface area contributed by atoms with Crippen molar-refractivity contribution in [3.05, 3.63) is 109 Å². The van der Waals surface area contributed by atoms with E-state index in [0.717, 1.165) is 16.8 Å². The van der Waals surface area contributed by atoms with Gasteiger partial charge in [-0.3, -0.25) is 0 Å². The molecule has 0 aliphatic heterocycles. The lowest BCUT2D eigenvalue weighted by atomic mass is 9.82. The molecule has 2 aromatic heterocycles. The predicted octanol–water partition coefficient (Wildman–Crippen LogP) is 8.38. The van der Waals surface area contributed by atoms with Crippen LogP contribution in [-0.4, -0.2) is 9.55 Å². The molecule has 0 saturated carbocycles. The Balaban J connectivity index is 1.55. The van der Waals surface area contributed by atoms with E-state index in [1.807, 2.05) is 12.1 Å². The zero-order valence-corrected chi connectivity index (χ0v) is 19.5. The molecule has 0 atom stereocenters. The SMILES string of the molecule is CC1(C)c2ccccc2-c2c1ccc1cc3c(cc21)c1ccccc1n3-c1cccc2ncoc12. The number of oxazole rings is 1. The fraction of sp³-hybridized carbons (Fsp3) is 0.0938. The van der Waals surface area contributed by atoms with Crippen LogP contribution in [-0.2, 0) is 5.41 Å². The van der Waals surface area contributed by atoms with E-state index in [1.165, 1.54) is 61.2 Å². The van der Waals surface area contributed by atoms with Crippen molar-refractivity contribution in [3.8, 4) is 16.8 Å². The maximum absolute atomic E-state index is 5.85. The Morgan fingerprint density at radius 3 is 2.51 bits per heavy atom. The van der Waals surface area contributed by atoms with Crippen LogP contribution in [0.2, 0.25) is 0 Å². The van der Waals surface area contributed by atoms with Crippen LogP contribution in [0.15, 0.2) is 102 Å². The summed E-state index contributed by atoms with van der Waals surface area (Å²) in [6.45, 7) is 4.68. The third-order valence-corrected chi connectivity index (χ3v) is 7.93. The van der Waals surface area contributed by atoms with E-state index in [4.69, 9.17) is 4.42 Å². The highest BCUT2D eigenvalue weighted by Gasteiger charge is 2.36. The van der Waals surface area contributed by atoms with Gasteiger partial charge in [0.05, 0.1) is 16.7 Å². The number of hydrogen-bond donors (Lipinski definition) is 0. The Morgan fingerprint density at radius 1 is 0.714 bits per heavy atom. The zero-order chi connectivity index (χ0) is 23.3. The second-order valence-electron chi connectivity index (χ2n) is 10.1. The Bertz CT molecular complexity index is 1990. The molecule has 0 saturated heterocycles. The average molecular weight is 451 g/mol. The van der Waals surface area contributed by atoms with Crippen LogP contribution in [0.4, 0.5) is 0 Å². The maximum Gasteiger partial charge on any atom is 0.182 e. The highest BCUT2D eigenvalue weighted by Crippen LogP contribution is 2.52. The van der Waals surface area contributed by atoms with Gasteiger partial charge < -0.3 is 8.98 Å². The van der Waals surface area contributed by atoms with Gasteiger partial charge in [0.15, 0.2) is 12.0 Å². The number of para-hydroxylation sites is 2. The molecule has 0 amide bonds. The molecular weight excluding hydrogens is 428 g/mol. The average Bonchev–Trinajstić information content (AvgIpc) is 3.55. The van der Waals surface area contributed by atoms with E-state index in [0.29, 0.717) is 0 Å². The second kappa shape index (κ2) is 6.39. The highest BCUT2D eigenvalue weighted by molar-refractivity contribution is 6.17. The number of fused-ring (bicyclic) bond motifs is 9. The number of hydrogen-bond acceptors (Lipinski definition) is 2. The quantitative estimate of drug-likeness (QED) is 0.251. The molecule has 8 rings (SSSR count). The summed E-state index contributed by atoms with van der Waals surface area (Å²) in [7, 11) is 0. The van der Waals surface area contributed by atoms with E-state index < -0.39 is 0 Å². The van der Waals surface area contributed by atoms with Gasteiger partial charge in [0.1, 0.15) is 5.52 Å². The van der Waals surface area contributed by atoms with E-state index in [9.17, 15) is 0 Å². The molecule has 1 aliphatic carbocycles. The van der Waals surface area contributed by atoms with Crippen LogP contribution < -0.4 is 0 Å². The molecule has 0 radical (unpaired) electrons. The van der Waals surface area contributed by atoms with Crippen LogP contribution in [0.3, 0.4) is 0 Å². The summed E-state index contributed by atoms with van der Waals surface area (Å²) in [5.74, 6) is 0. The van der Waals surface area contributed by atoms with Crippen molar-refractivity contribution in [2.45, 2.75) is 19.3 Å². The van der Waals surface area contributed by atoms with Crippen molar-refractivity contribution in [1.29, 1.82) is 0 Å². The first-order valence-corrected chi connectivity index (χ1v) is 12.1. The molecule has 0 N–H and O–H groups in total. The topological polar surface area (TPSA) is 31.0 Å². The first kappa shape index (κ1) is 19.0. The van der Waals surface area contributed by atoms with Gasteiger partial charge in [-0.05, 0) is 63.4 Å². The minimum Gasteiger partial charge on any atom is -0.441 e. The third kappa shape index (κ3) is 2.33. The monoisotopic (exact) mass is 450 g/mol. The fourth-order valence-electron chi connectivity index (χ4n) is 6.30. The molecule has 166 valence electrons. The lowest BCUT2D eigenvalue weighted by Crippen LogP contribution is -2.14. The van der Waals surface area contributed by atoms with Crippen molar-refractivity contribution >= 4 is 43.7 Å². The fourth-order valence-corrected chi connectivity index (χ4v) is 6.30. The molecule has 7 aromatic rings. The normalized spacial score (nSPS) is 14.2. The Morgan fingerprint density at radius 2 is 1.57 bits per heavy atom. The minimum atomic E-state index is -0.00892. The molecule has 3 nitrogen and oxygen atoms in total. The third-order valence-electron chi connectivity index (χ3n) is 7.93. The maximum atomic E-state index is 5.85. The Labute approximate surface area is 202 Å². The number of aromatic nitrogens is 2. The summed E-state index contributed by atoms with van der Waals surface area (Å²) in [4.78, 5) is 4.39. The van der Waals surface area contributed by atoms with E-state index >= 15 is 0 Å². The van der Waals surface area contributed by atoms with Crippen LogP contribution in [0.5, 0.6) is 0 Å². The molecule has 3 heteroatoms. The predicted molar refractivity (Wildman–Crippen MR) is 143 cm³/mol. The largest absolute Gasteiger partial charge is 0.441 e. The Hall–Kier alpha value is -4.37. The molecular formula is C32H22N2O. The van der Waals surface area contributed by atoms with Crippen molar-refractivity contribution in [2.75, 3.05) is 0 Å². The molecule has 0 unspecified atom stereocenters. The van der Waals surface area contributed by atoms with Gasteiger partial charge in [0, 0.05) is 16.2 Å². The van der Waals surface area contributed by atoms with Gasteiger partial charge in [-0.1, -0.05) is 74.5 Å². The highest BCUT2D eigenvalue weighted by atomic mass is 16.3. The smallest absolute Gasteiger partial charge is 0.182 e. The molecule has 0 spiro atoms. The minimum absolute atomic E-state index is 0.00892. The van der Waals surface area contributed by atoms with Gasteiger partial charge >= 0.3 is 0 Å². The number of nitrogens with zero attached hydrogens (tertiary/aromatic N) is 2. The van der Waals surface area contributed by atoms with Gasteiger partial charge in [0.2, 0.25) is 0 Å². The van der Waals surface area contributed by atoms with Crippen LogP contribution in [0.25, 0.3) is 60.5 Å². The van der Waals surface area contributed by atoms with Gasteiger partial charge in [0.25, 0.3) is 0 Å². The lowest BCUT2D eigenvalue weighted by molar-refractivity contribution is 0.600.